The predicted molar refractivity (Wildman–Crippen MR) is 90.0 cm³/mol. The zero-order valence-corrected chi connectivity index (χ0v) is 14.6. The molecular formula is C17H29N5. The highest BCUT2D eigenvalue weighted by atomic mass is 15.1. The van der Waals surface area contributed by atoms with Crippen molar-refractivity contribution in [1.82, 2.24) is 24.0 Å². The van der Waals surface area contributed by atoms with E-state index in [0.717, 1.165) is 37.6 Å². The monoisotopic (exact) mass is 303 g/mol. The van der Waals surface area contributed by atoms with Crippen molar-refractivity contribution in [2.75, 3.05) is 20.1 Å². The quantitative estimate of drug-likeness (QED) is 0.751. The molecule has 2 aromatic heterocycles. The minimum Gasteiger partial charge on any atom is -0.335 e. The van der Waals surface area contributed by atoms with Gasteiger partial charge in [0.25, 0.3) is 0 Å². The minimum atomic E-state index is 1.09. The van der Waals surface area contributed by atoms with Crippen LogP contribution >= 0.6 is 0 Å². The predicted octanol–water partition coefficient (Wildman–Crippen LogP) is 2.27. The Bertz CT molecular complexity index is 544. The largest absolute Gasteiger partial charge is 0.335 e. The van der Waals surface area contributed by atoms with Crippen LogP contribution in [0.3, 0.4) is 0 Å². The summed E-state index contributed by atoms with van der Waals surface area (Å²) in [7, 11) is 6.40. The number of aryl methyl sites for hydroxylation is 4. The van der Waals surface area contributed by atoms with Crippen molar-refractivity contribution in [1.29, 1.82) is 0 Å². The van der Waals surface area contributed by atoms with E-state index in [9.17, 15) is 0 Å². The fourth-order valence-electron chi connectivity index (χ4n) is 2.73. The Balaban J connectivity index is 1.65. The SMILES string of the molecule is Cc1ncc(CCCN(C)CCCc2cnc(C)n2C)n1C. The molecule has 0 bridgehead atoms. The Labute approximate surface area is 134 Å². The molecule has 22 heavy (non-hydrogen) atoms. The van der Waals surface area contributed by atoms with Gasteiger partial charge in [-0.25, -0.2) is 9.97 Å². The third-order valence-corrected chi connectivity index (χ3v) is 4.58. The zero-order chi connectivity index (χ0) is 16.1. The van der Waals surface area contributed by atoms with E-state index < -0.39 is 0 Å². The summed E-state index contributed by atoms with van der Waals surface area (Å²) in [5.41, 5.74) is 2.66. The van der Waals surface area contributed by atoms with Crippen LogP contribution in [-0.2, 0) is 26.9 Å². The van der Waals surface area contributed by atoms with Gasteiger partial charge in [0.15, 0.2) is 0 Å². The lowest BCUT2D eigenvalue weighted by Crippen LogP contribution is -2.22. The number of aromatic nitrogens is 4. The molecule has 5 heteroatoms. The van der Waals surface area contributed by atoms with Crippen LogP contribution in [0.5, 0.6) is 0 Å². The van der Waals surface area contributed by atoms with Crippen LogP contribution in [0.15, 0.2) is 12.4 Å². The first-order valence-electron chi connectivity index (χ1n) is 8.12. The summed E-state index contributed by atoms with van der Waals surface area (Å²) in [6.45, 7) is 6.37. The Morgan fingerprint density at radius 2 is 1.27 bits per heavy atom. The summed E-state index contributed by atoms with van der Waals surface area (Å²) in [6, 6.07) is 0. The van der Waals surface area contributed by atoms with Crippen LogP contribution in [0, 0.1) is 13.8 Å². The maximum Gasteiger partial charge on any atom is 0.105 e. The van der Waals surface area contributed by atoms with Crippen molar-refractivity contribution in [2.45, 2.75) is 39.5 Å². The van der Waals surface area contributed by atoms with Crippen LogP contribution in [-0.4, -0.2) is 44.1 Å². The van der Waals surface area contributed by atoms with E-state index in [0.29, 0.717) is 0 Å². The van der Waals surface area contributed by atoms with E-state index in [2.05, 4.69) is 59.0 Å². The third-order valence-electron chi connectivity index (χ3n) is 4.58. The van der Waals surface area contributed by atoms with Crippen molar-refractivity contribution in [3.05, 3.63) is 35.4 Å². The molecule has 0 aliphatic carbocycles. The summed E-state index contributed by atoms with van der Waals surface area (Å²) in [6.07, 6.45) is 8.56. The van der Waals surface area contributed by atoms with Crippen LogP contribution in [0.25, 0.3) is 0 Å². The average molecular weight is 303 g/mol. The van der Waals surface area contributed by atoms with E-state index in [1.807, 2.05) is 12.4 Å². The van der Waals surface area contributed by atoms with Gasteiger partial charge in [0.05, 0.1) is 0 Å². The van der Waals surface area contributed by atoms with E-state index in [4.69, 9.17) is 0 Å². The molecule has 0 N–H and O–H groups in total. The van der Waals surface area contributed by atoms with Crippen LogP contribution < -0.4 is 0 Å². The maximum atomic E-state index is 4.35. The summed E-state index contributed by atoms with van der Waals surface area (Å²) in [4.78, 5) is 11.1. The molecule has 122 valence electrons. The van der Waals surface area contributed by atoms with Crippen LogP contribution in [0.4, 0.5) is 0 Å². The number of imidazole rings is 2. The summed E-state index contributed by atoms with van der Waals surface area (Å²) in [5, 5.41) is 0. The summed E-state index contributed by atoms with van der Waals surface area (Å²) in [5.74, 6) is 2.18. The topological polar surface area (TPSA) is 38.9 Å². The molecule has 2 heterocycles. The molecule has 0 fully saturated rings. The fraction of sp³-hybridized carbons (Fsp3) is 0.647. The van der Waals surface area contributed by atoms with Gasteiger partial charge in [0.1, 0.15) is 11.6 Å². The first kappa shape index (κ1) is 16.7. The molecule has 2 aromatic rings. The first-order chi connectivity index (χ1) is 10.5. The van der Waals surface area contributed by atoms with Gasteiger partial charge in [-0.15, -0.1) is 0 Å². The van der Waals surface area contributed by atoms with E-state index in [-0.39, 0.29) is 0 Å². The van der Waals surface area contributed by atoms with E-state index in [1.165, 1.54) is 24.2 Å². The minimum absolute atomic E-state index is 1.09. The lowest BCUT2D eigenvalue weighted by atomic mass is 10.2. The Morgan fingerprint density at radius 1 is 0.864 bits per heavy atom. The summed E-state index contributed by atoms with van der Waals surface area (Å²) >= 11 is 0. The van der Waals surface area contributed by atoms with Gasteiger partial charge in [-0.1, -0.05) is 0 Å². The molecule has 2 rings (SSSR count). The fourth-order valence-corrected chi connectivity index (χ4v) is 2.73. The molecule has 0 unspecified atom stereocenters. The molecular weight excluding hydrogens is 274 g/mol. The Kier molecular flexibility index (Phi) is 5.77. The number of hydrogen-bond donors (Lipinski definition) is 0. The molecule has 5 nitrogen and oxygen atoms in total. The van der Waals surface area contributed by atoms with Crippen molar-refractivity contribution < 1.29 is 0 Å². The molecule has 0 aliphatic heterocycles. The summed E-state index contributed by atoms with van der Waals surface area (Å²) < 4.78 is 4.37. The van der Waals surface area contributed by atoms with Crippen molar-refractivity contribution in [3.63, 3.8) is 0 Å². The molecule has 0 saturated heterocycles. The number of hydrogen-bond acceptors (Lipinski definition) is 3. The van der Waals surface area contributed by atoms with Gasteiger partial charge in [-0.2, -0.15) is 0 Å². The second kappa shape index (κ2) is 7.58. The number of nitrogens with zero attached hydrogens (tertiary/aromatic N) is 5. The smallest absolute Gasteiger partial charge is 0.105 e. The highest BCUT2D eigenvalue weighted by molar-refractivity contribution is 5.04. The zero-order valence-electron chi connectivity index (χ0n) is 14.6. The second-order valence-corrected chi connectivity index (χ2v) is 6.22. The highest BCUT2D eigenvalue weighted by Crippen LogP contribution is 2.07. The average Bonchev–Trinajstić information content (AvgIpc) is 2.97. The van der Waals surface area contributed by atoms with Gasteiger partial charge in [-0.3, -0.25) is 0 Å². The van der Waals surface area contributed by atoms with E-state index >= 15 is 0 Å². The van der Waals surface area contributed by atoms with E-state index in [1.54, 1.807) is 0 Å². The standard InChI is InChI=1S/C17H29N5/c1-14-18-12-16(21(14)4)8-6-10-20(3)11-7-9-17-13-19-15(2)22(17)5/h12-13H,6-11H2,1-5H3. The first-order valence-corrected chi connectivity index (χ1v) is 8.12. The van der Waals surface area contributed by atoms with Gasteiger partial charge in [-0.05, 0) is 59.7 Å². The normalized spacial score (nSPS) is 11.5. The second-order valence-electron chi connectivity index (χ2n) is 6.22. The maximum absolute atomic E-state index is 4.35. The van der Waals surface area contributed by atoms with Crippen molar-refractivity contribution in [2.24, 2.45) is 14.1 Å². The lowest BCUT2D eigenvalue weighted by Gasteiger charge is -2.16. The molecule has 0 amide bonds. The molecule has 0 radical (unpaired) electrons. The van der Waals surface area contributed by atoms with Crippen LogP contribution in [0.2, 0.25) is 0 Å². The molecule has 0 aromatic carbocycles. The Morgan fingerprint density at radius 3 is 1.59 bits per heavy atom. The van der Waals surface area contributed by atoms with Gasteiger partial charge in [0.2, 0.25) is 0 Å². The third kappa shape index (κ3) is 4.19. The molecule has 0 aliphatic rings. The van der Waals surface area contributed by atoms with Gasteiger partial charge >= 0.3 is 0 Å². The van der Waals surface area contributed by atoms with Gasteiger partial charge in [0, 0.05) is 37.9 Å². The lowest BCUT2D eigenvalue weighted by molar-refractivity contribution is 0.323. The molecule has 0 saturated carbocycles. The number of rotatable bonds is 8. The van der Waals surface area contributed by atoms with Gasteiger partial charge < -0.3 is 14.0 Å². The molecule has 0 spiro atoms. The molecule has 0 atom stereocenters. The highest BCUT2D eigenvalue weighted by Gasteiger charge is 2.05. The van der Waals surface area contributed by atoms with Crippen molar-refractivity contribution >= 4 is 0 Å². The Hall–Kier alpha value is -1.62. The van der Waals surface area contributed by atoms with Crippen LogP contribution in [0.1, 0.15) is 35.9 Å². The van der Waals surface area contributed by atoms with Crippen molar-refractivity contribution in [3.8, 4) is 0 Å².